The maximum absolute atomic E-state index is 12.3. The van der Waals surface area contributed by atoms with Gasteiger partial charge >= 0.3 is 13.8 Å². The fourth-order valence-electron chi connectivity index (χ4n) is 5.20. The highest BCUT2D eigenvalue weighted by Crippen LogP contribution is 2.43. The molecule has 0 aromatic rings. The lowest BCUT2D eigenvalue weighted by Gasteiger charge is -2.24. The van der Waals surface area contributed by atoms with Crippen molar-refractivity contribution in [2.45, 2.75) is 174 Å². The molecule has 0 aromatic carbocycles. The average Bonchev–Trinajstić information content (AvgIpc) is 2.98. The number of rotatable bonds is 35. The second-order valence-electron chi connectivity index (χ2n) is 14.0. The van der Waals surface area contributed by atoms with Gasteiger partial charge in [-0.15, -0.1) is 0 Å². The minimum absolute atomic E-state index is 0.0923. The van der Waals surface area contributed by atoms with Gasteiger partial charge in [-0.2, -0.15) is 0 Å². The first-order valence-corrected chi connectivity index (χ1v) is 20.3. The van der Waals surface area contributed by atoms with Crippen molar-refractivity contribution in [1.29, 1.82) is 0 Å². The predicted molar refractivity (Wildman–Crippen MR) is 187 cm³/mol. The smallest absolute Gasteiger partial charge is 0.457 e. The Balaban J connectivity index is 3.96. The number of carbonyl (C=O) groups is 1. The maximum atomic E-state index is 12.3. The van der Waals surface area contributed by atoms with Crippen molar-refractivity contribution >= 4 is 13.8 Å². The quantitative estimate of drug-likeness (QED) is 0.0312. The molecule has 0 heterocycles. The van der Waals surface area contributed by atoms with Crippen LogP contribution in [0.15, 0.2) is 0 Å². The Morgan fingerprint density at radius 3 is 1.47 bits per heavy atom. The van der Waals surface area contributed by atoms with Gasteiger partial charge < -0.3 is 18.9 Å². The third-order valence-corrected chi connectivity index (χ3v) is 9.15. The van der Waals surface area contributed by atoms with Gasteiger partial charge in [-0.25, -0.2) is 4.57 Å². The highest BCUT2D eigenvalue weighted by Gasteiger charge is 2.26. The fourth-order valence-corrected chi connectivity index (χ4v) is 5.94. The second kappa shape index (κ2) is 30.8. The Bertz CT molecular complexity index is 701. The summed E-state index contributed by atoms with van der Waals surface area (Å²) in [5, 5.41) is 0. The van der Waals surface area contributed by atoms with Gasteiger partial charge in [0.2, 0.25) is 0 Å². The summed E-state index contributed by atoms with van der Waals surface area (Å²) < 4.78 is 34.5. The molecule has 0 aromatic heterocycles. The molecular weight excluding hydrogens is 589 g/mol. The Labute approximate surface area is 278 Å². The van der Waals surface area contributed by atoms with Crippen LogP contribution in [0.3, 0.4) is 0 Å². The SMILES string of the molecule is CCCCCCCCCCCCCCCCCCCCCOCC(COP(=O)(O)OCC[N+](C)(C)C)OC(=O)CCCCCC. The molecule has 45 heavy (non-hydrogen) atoms. The molecule has 0 saturated carbocycles. The van der Waals surface area contributed by atoms with Crippen LogP contribution in [0.5, 0.6) is 0 Å². The van der Waals surface area contributed by atoms with Gasteiger partial charge in [0.15, 0.2) is 0 Å². The molecule has 0 aliphatic carbocycles. The van der Waals surface area contributed by atoms with E-state index in [0.717, 1.165) is 38.5 Å². The van der Waals surface area contributed by atoms with E-state index < -0.39 is 13.9 Å². The first-order chi connectivity index (χ1) is 21.6. The molecule has 0 aliphatic heterocycles. The summed E-state index contributed by atoms with van der Waals surface area (Å²) in [6.07, 6.45) is 29.0. The molecule has 2 unspecified atom stereocenters. The number of phosphoric ester groups is 1. The number of ether oxygens (including phenoxy) is 2. The van der Waals surface area contributed by atoms with Crippen LogP contribution in [-0.4, -0.2) is 75.6 Å². The highest BCUT2D eigenvalue weighted by atomic mass is 31.2. The molecule has 8 nitrogen and oxygen atoms in total. The molecule has 2 atom stereocenters. The zero-order valence-electron chi connectivity index (χ0n) is 30.4. The molecule has 0 rings (SSSR count). The monoisotopic (exact) mass is 665 g/mol. The first-order valence-electron chi connectivity index (χ1n) is 18.8. The van der Waals surface area contributed by atoms with E-state index in [4.69, 9.17) is 18.5 Å². The number of phosphoric acid groups is 1. The minimum Gasteiger partial charge on any atom is -0.457 e. The van der Waals surface area contributed by atoms with Crippen LogP contribution in [0.25, 0.3) is 0 Å². The molecule has 0 fully saturated rings. The van der Waals surface area contributed by atoms with Crippen LogP contribution >= 0.6 is 7.82 Å². The lowest BCUT2D eigenvalue weighted by molar-refractivity contribution is -0.870. The average molecular weight is 665 g/mol. The molecule has 0 saturated heterocycles. The maximum Gasteiger partial charge on any atom is 0.472 e. The van der Waals surface area contributed by atoms with Crippen LogP contribution in [-0.2, 0) is 27.9 Å². The largest absolute Gasteiger partial charge is 0.472 e. The number of likely N-dealkylation sites (N-methyl/N-ethyl adjacent to an activating group) is 1. The van der Waals surface area contributed by atoms with Gasteiger partial charge in [0.25, 0.3) is 0 Å². The van der Waals surface area contributed by atoms with Crippen LogP contribution < -0.4 is 0 Å². The summed E-state index contributed by atoms with van der Waals surface area (Å²) in [6.45, 7) is 5.53. The zero-order chi connectivity index (χ0) is 33.5. The molecular formula is C36H75NO7P+. The van der Waals surface area contributed by atoms with E-state index in [9.17, 15) is 14.3 Å². The van der Waals surface area contributed by atoms with Gasteiger partial charge in [0.05, 0.1) is 34.4 Å². The van der Waals surface area contributed by atoms with Crippen LogP contribution in [0.2, 0.25) is 0 Å². The van der Waals surface area contributed by atoms with Crippen molar-refractivity contribution in [3.63, 3.8) is 0 Å². The second-order valence-corrected chi connectivity index (χ2v) is 15.4. The molecule has 0 aliphatic rings. The van der Waals surface area contributed by atoms with Crippen molar-refractivity contribution < 1.29 is 37.3 Å². The van der Waals surface area contributed by atoms with Crippen LogP contribution in [0.4, 0.5) is 0 Å². The van der Waals surface area contributed by atoms with Gasteiger partial charge in [-0.1, -0.05) is 149 Å². The number of hydrogen-bond donors (Lipinski definition) is 1. The third kappa shape index (κ3) is 34.6. The number of quaternary nitrogens is 1. The summed E-state index contributed by atoms with van der Waals surface area (Å²) >= 11 is 0. The number of unbranched alkanes of at least 4 members (excludes halogenated alkanes) is 21. The number of esters is 1. The van der Waals surface area contributed by atoms with Crippen molar-refractivity contribution in [3.8, 4) is 0 Å². The summed E-state index contributed by atoms with van der Waals surface area (Å²) in [4.78, 5) is 22.4. The minimum atomic E-state index is -4.24. The first kappa shape index (κ1) is 44.5. The van der Waals surface area contributed by atoms with Gasteiger partial charge in [-0.05, 0) is 12.8 Å². The van der Waals surface area contributed by atoms with Gasteiger partial charge in [-0.3, -0.25) is 13.8 Å². The molecule has 270 valence electrons. The van der Waals surface area contributed by atoms with Crippen molar-refractivity contribution in [2.75, 3.05) is 54.1 Å². The predicted octanol–water partition coefficient (Wildman–Crippen LogP) is 10.2. The van der Waals surface area contributed by atoms with E-state index in [1.54, 1.807) is 0 Å². The molecule has 1 N–H and O–H groups in total. The van der Waals surface area contributed by atoms with Gasteiger partial charge in [0.1, 0.15) is 19.3 Å². The summed E-state index contributed by atoms with van der Waals surface area (Å²) in [7, 11) is 1.68. The summed E-state index contributed by atoms with van der Waals surface area (Å²) in [5.41, 5.74) is 0. The normalized spacial score (nSPS) is 14.0. The zero-order valence-corrected chi connectivity index (χ0v) is 31.3. The third-order valence-electron chi connectivity index (χ3n) is 8.17. The lowest BCUT2D eigenvalue weighted by atomic mass is 10.0. The van der Waals surface area contributed by atoms with Crippen LogP contribution in [0, 0.1) is 0 Å². The van der Waals surface area contributed by atoms with Crippen molar-refractivity contribution in [1.82, 2.24) is 0 Å². The summed E-state index contributed by atoms with van der Waals surface area (Å²) in [5.74, 6) is -0.328. The van der Waals surface area contributed by atoms with E-state index in [-0.39, 0.29) is 25.8 Å². The number of carbonyl (C=O) groups excluding carboxylic acids is 1. The van der Waals surface area contributed by atoms with E-state index in [2.05, 4.69) is 13.8 Å². The molecule has 9 heteroatoms. The molecule has 0 amide bonds. The Morgan fingerprint density at radius 1 is 0.600 bits per heavy atom. The van der Waals surface area contributed by atoms with E-state index in [1.807, 2.05) is 21.1 Å². The Kier molecular flexibility index (Phi) is 30.5. The summed E-state index contributed by atoms with van der Waals surface area (Å²) in [6, 6.07) is 0. The lowest BCUT2D eigenvalue weighted by Crippen LogP contribution is -2.37. The Hall–Kier alpha value is -0.500. The van der Waals surface area contributed by atoms with Crippen molar-refractivity contribution in [3.05, 3.63) is 0 Å². The van der Waals surface area contributed by atoms with E-state index in [0.29, 0.717) is 24.1 Å². The van der Waals surface area contributed by atoms with Crippen molar-refractivity contribution in [2.24, 2.45) is 0 Å². The van der Waals surface area contributed by atoms with E-state index >= 15 is 0 Å². The number of hydrogen-bond acceptors (Lipinski definition) is 6. The number of nitrogens with zero attached hydrogens (tertiary/aromatic N) is 1. The molecule has 0 spiro atoms. The van der Waals surface area contributed by atoms with Gasteiger partial charge in [0, 0.05) is 13.0 Å². The molecule has 0 radical (unpaired) electrons. The standard InChI is InChI=1S/C36H74NO7P/c1-6-8-10-12-13-14-15-16-17-18-19-20-21-22-23-24-25-26-28-31-41-33-35(44-36(38)29-27-11-9-7-2)34-43-45(39,40)42-32-30-37(3,4)5/h35H,6-34H2,1-5H3/p+1. The Morgan fingerprint density at radius 2 is 1.02 bits per heavy atom. The van der Waals surface area contributed by atoms with Crippen LogP contribution in [0.1, 0.15) is 168 Å². The van der Waals surface area contributed by atoms with E-state index in [1.165, 1.54) is 109 Å². The topological polar surface area (TPSA) is 91.3 Å². The molecule has 0 bridgehead atoms. The highest BCUT2D eigenvalue weighted by molar-refractivity contribution is 7.47. The fraction of sp³-hybridized carbons (Fsp3) is 0.972.